The van der Waals surface area contributed by atoms with Crippen LogP contribution in [-0.2, 0) is 4.79 Å². The third kappa shape index (κ3) is 2.69. The molecule has 2 aliphatic rings. The molecule has 23 heavy (non-hydrogen) atoms. The molecule has 1 spiro atoms. The molecule has 1 aliphatic carbocycles. The lowest BCUT2D eigenvalue weighted by molar-refractivity contribution is -0.393. The summed E-state index contributed by atoms with van der Waals surface area (Å²) in [5, 5.41) is 23.5. The first kappa shape index (κ1) is 15.5. The lowest BCUT2D eigenvalue weighted by atomic mass is 10.2. The maximum Gasteiger partial charge on any atom is 0.300 e. The summed E-state index contributed by atoms with van der Waals surface area (Å²) in [5.74, 6) is 0.192. The number of amides is 1. The molecule has 10 heteroatoms. The fourth-order valence-electron chi connectivity index (χ4n) is 3.01. The molecule has 1 aromatic rings. The Labute approximate surface area is 135 Å². The molecule has 1 aliphatic heterocycles. The fraction of sp³-hybridized carbons (Fsp3) is 0.462. The molecule has 0 aromatic heterocycles. The van der Waals surface area contributed by atoms with Gasteiger partial charge in [-0.2, -0.15) is 0 Å². The van der Waals surface area contributed by atoms with E-state index in [0.29, 0.717) is 5.75 Å². The summed E-state index contributed by atoms with van der Waals surface area (Å²) in [4.78, 5) is 32.4. The van der Waals surface area contributed by atoms with Crippen LogP contribution < -0.4 is 5.43 Å². The van der Waals surface area contributed by atoms with Gasteiger partial charge in [-0.15, -0.1) is 11.8 Å². The Morgan fingerprint density at radius 2 is 1.87 bits per heavy atom. The zero-order valence-electron chi connectivity index (χ0n) is 12.1. The van der Waals surface area contributed by atoms with Gasteiger partial charge in [-0.05, 0) is 18.9 Å². The number of thioether (sulfide) groups is 1. The Hall–Kier alpha value is -2.36. The summed E-state index contributed by atoms with van der Waals surface area (Å²) in [6.07, 6.45) is 3.66. The van der Waals surface area contributed by atoms with Gasteiger partial charge < -0.3 is 0 Å². The Morgan fingerprint density at radius 1 is 1.17 bits per heavy atom. The number of benzene rings is 1. The third-order valence-electron chi connectivity index (χ3n) is 4.13. The number of hydrogen-bond acceptors (Lipinski definition) is 7. The van der Waals surface area contributed by atoms with Crippen molar-refractivity contribution in [1.82, 2.24) is 5.01 Å². The van der Waals surface area contributed by atoms with E-state index in [1.165, 1.54) is 17.1 Å². The Bertz CT molecular complexity index is 689. The highest BCUT2D eigenvalue weighted by atomic mass is 32.2. The standard InChI is InChI=1S/C13H14N4O5S/c18-12-8-23-13(5-1-2-6-13)15(12)14-10-4-3-9(16(19)20)7-11(10)17(21)22/h3-4,7,14H,1-2,5-6,8H2. The number of nitro benzene ring substituents is 2. The van der Waals surface area contributed by atoms with Crippen molar-refractivity contribution in [2.45, 2.75) is 30.6 Å². The molecule has 1 saturated heterocycles. The van der Waals surface area contributed by atoms with E-state index in [1.54, 1.807) is 11.8 Å². The van der Waals surface area contributed by atoms with Crippen molar-refractivity contribution in [2.75, 3.05) is 11.2 Å². The summed E-state index contributed by atoms with van der Waals surface area (Å²) >= 11 is 1.55. The summed E-state index contributed by atoms with van der Waals surface area (Å²) < 4.78 is 0. The molecule has 1 saturated carbocycles. The van der Waals surface area contributed by atoms with Crippen molar-refractivity contribution in [3.8, 4) is 0 Å². The van der Waals surface area contributed by atoms with Gasteiger partial charge in [-0.3, -0.25) is 30.4 Å². The number of nitrogens with one attached hydrogen (secondary N) is 1. The molecule has 122 valence electrons. The van der Waals surface area contributed by atoms with Gasteiger partial charge in [0, 0.05) is 6.07 Å². The molecule has 0 radical (unpaired) electrons. The molecule has 2 fully saturated rings. The monoisotopic (exact) mass is 338 g/mol. The minimum absolute atomic E-state index is 0.0859. The third-order valence-corrected chi connectivity index (χ3v) is 5.65. The first-order valence-corrected chi connectivity index (χ1v) is 8.08. The van der Waals surface area contributed by atoms with Gasteiger partial charge in [-0.1, -0.05) is 12.8 Å². The second-order valence-electron chi connectivity index (χ2n) is 5.50. The summed E-state index contributed by atoms with van der Waals surface area (Å²) in [6, 6.07) is 3.36. The second kappa shape index (κ2) is 5.69. The highest BCUT2D eigenvalue weighted by Gasteiger charge is 2.48. The van der Waals surface area contributed by atoms with Crippen LogP contribution in [0.4, 0.5) is 17.1 Å². The van der Waals surface area contributed by atoms with E-state index in [2.05, 4.69) is 5.43 Å². The Balaban J connectivity index is 1.94. The summed E-state index contributed by atoms with van der Waals surface area (Å²) in [5.41, 5.74) is 2.14. The number of nitro groups is 2. The van der Waals surface area contributed by atoms with Crippen LogP contribution in [0.25, 0.3) is 0 Å². The van der Waals surface area contributed by atoms with Gasteiger partial charge >= 0.3 is 5.69 Å². The van der Waals surface area contributed by atoms with E-state index in [1.807, 2.05) is 0 Å². The summed E-state index contributed by atoms with van der Waals surface area (Å²) in [6.45, 7) is 0. The molecule has 0 atom stereocenters. The van der Waals surface area contributed by atoms with Crippen LogP contribution in [-0.4, -0.2) is 31.4 Å². The van der Waals surface area contributed by atoms with E-state index in [-0.39, 0.29) is 22.2 Å². The van der Waals surface area contributed by atoms with Crippen LogP contribution in [0.15, 0.2) is 18.2 Å². The largest absolute Gasteiger partial charge is 0.300 e. The van der Waals surface area contributed by atoms with Crippen molar-refractivity contribution >= 4 is 34.7 Å². The number of carbonyl (C=O) groups is 1. The zero-order valence-corrected chi connectivity index (χ0v) is 12.9. The minimum atomic E-state index is -0.690. The summed E-state index contributed by atoms with van der Waals surface area (Å²) in [7, 11) is 0. The van der Waals surface area contributed by atoms with Crippen LogP contribution in [0.3, 0.4) is 0 Å². The molecule has 0 bridgehead atoms. The van der Waals surface area contributed by atoms with Gasteiger partial charge in [0.1, 0.15) is 10.6 Å². The topological polar surface area (TPSA) is 119 Å². The molecule has 1 amide bonds. The number of non-ortho nitro benzene ring substituents is 1. The van der Waals surface area contributed by atoms with Crippen LogP contribution in [0, 0.1) is 20.2 Å². The van der Waals surface area contributed by atoms with Crippen molar-refractivity contribution in [3.63, 3.8) is 0 Å². The van der Waals surface area contributed by atoms with Gasteiger partial charge in [0.2, 0.25) is 0 Å². The van der Waals surface area contributed by atoms with Crippen LogP contribution >= 0.6 is 11.8 Å². The van der Waals surface area contributed by atoms with Crippen LogP contribution in [0.2, 0.25) is 0 Å². The first-order chi connectivity index (χ1) is 10.9. The zero-order chi connectivity index (χ0) is 16.6. The van der Waals surface area contributed by atoms with Gasteiger partial charge in [0.15, 0.2) is 0 Å². The number of carbonyl (C=O) groups excluding carboxylic acids is 1. The predicted molar refractivity (Wildman–Crippen MR) is 83.9 cm³/mol. The van der Waals surface area contributed by atoms with Gasteiger partial charge in [-0.25, -0.2) is 5.01 Å². The highest BCUT2D eigenvalue weighted by molar-refractivity contribution is 8.01. The molecule has 1 N–H and O–H groups in total. The molecule has 1 aromatic carbocycles. The van der Waals surface area contributed by atoms with E-state index < -0.39 is 15.5 Å². The molecular formula is C13H14N4O5S. The van der Waals surface area contributed by atoms with Gasteiger partial charge in [0.05, 0.1) is 21.7 Å². The maximum atomic E-state index is 12.2. The molecule has 9 nitrogen and oxygen atoms in total. The SMILES string of the molecule is O=C1CSC2(CCCC2)N1Nc1ccc([N+](=O)[O-])cc1[N+](=O)[O-]. The van der Waals surface area contributed by atoms with Crippen molar-refractivity contribution in [2.24, 2.45) is 0 Å². The van der Waals surface area contributed by atoms with Crippen molar-refractivity contribution < 1.29 is 14.6 Å². The second-order valence-corrected chi connectivity index (χ2v) is 6.84. The number of anilines is 1. The Kier molecular flexibility index (Phi) is 3.84. The Morgan fingerprint density at radius 3 is 2.48 bits per heavy atom. The van der Waals surface area contributed by atoms with E-state index >= 15 is 0 Å². The normalized spacial score (nSPS) is 19.3. The number of nitrogens with zero attached hydrogens (tertiary/aromatic N) is 3. The number of hydrazine groups is 1. The lowest BCUT2D eigenvalue weighted by Crippen LogP contribution is -2.46. The number of rotatable bonds is 4. The minimum Gasteiger partial charge on any atom is -0.288 e. The van der Waals surface area contributed by atoms with E-state index in [4.69, 9.17) is 0 Å². The predicted octanol–water partition coefficient (Wildman–Crippen LogP) is 2.68. The van der Waals surface area contributed by atoms with E-state index in [0.717, 1.165) is 31.7 Å². The number of hydrogen-bond donors (Lipinski definition) is 1. The molecule has 1 heterocycles. The molecule has 3 rings (SSSR count). The average Bonchev–Trinajstić information content (AvgIpc) is 3.10. The van der Waals surface area contributed by atoms with Crippen LogP contribution in [0.5, 0.6) is 0 Å². The molecular weight excluding hydrogens is 324 g/mol. The van der Waals surface area contributed by atoms with Gasteiger partial charge in [0.25, 0.3) is 11.6 Å². The fourth-order valence-corrected chi connectivity index (χ4v) is 4.39. The maximum absolute atomic E-state index is 12.2. The van der Waals surface area contributed by atoms with Crippen molar-refractivity contribution in [1.29, 1.82) is 0 Å². The first-order valence-electron chi connectivity index (χ1n) is 7.09. The average molecular weight is 338 g/mol. The lowest BCUT2D eigenvalue weighted by Gasteiger charge is -2.34. The quantitative estimate of drug-likeness (QED) is 0.662. The van der Waals surface area contributed by atoms with Crippen LogP contribution in [0.1, 0.15) is 25.7 Å². The molecule has 0 unspecified atom stereocenters. The van der Waals surface area contributed by atoms with E-state index in [9.17, 15) is 25.0 Å². The van der Waals surface area contributed by atoms with Crippen molar-refractivity contribution in [3.05, 3.63) is 38.4 Å². The highest BCUT2D eigenvalue weighted by Crippen LogP contribution is 2.48. The smallest absolute Gasteiger partial charge is 0.288 e.